The van der Waals surface area contributed by atoms with Gasteiger partial charge in [-0.25, -0.2) is 0 Å². The van der Waals surface area contributed by atoms with E-state index < -0.39 is 0 Å². The summed E-state index contributed by atoms with van der Waals surface area (Å²) in [5.41, 5.74) is 3.45. The van der Waals surface area contributed by atoms with Gasteiger partial charge in [-0.15, -0.1) is 0 Å². The van der Waals surface area contributed by atoms with Gasteiger partial charge in [0.1, 0.15) is 0 Å². The van der Waals surface area contributed by atoms with Gasteiger partial charge in [0, 0.05) is 24.1 Å². The Balaban J connectivity index is 2.09. The van der Waals surface area contributed by atoms with E-state index in [9.17, 15) is 4.79 Å². The summed E-state index contributed by atoms with van der Waals surface area (Å²) in [5, 5.41) is 15.7. The van der Waals surface area contributed by atoms with Crippen LogP contribution in [-0.4, -0.2) is 17.6 Å². The van der Waals surface area contributed by atoms with Gasteiger partial charge in [-0.3, -0.25) is 4.79 Å². The summed E-state index contributed by atoms with van der Waals surface area (Å²) in [5.74, 6) is 5.72. The van der Waals surface area contributed by atoms with Crippen molar-refractivity contribution in [2.24, 2.45) is 0 Å². The molecule has 0 bridgehead atoms. The topological polar surface area (TPSA) is 49.3 Å². The first kappa shape index (κ1) is 15.3. The van der Waals surface area contributed by atoms with Gasteiger partial charge in [0.05, 0.1) is 6.61 Å². The first-order chi connectivity index (χ1) is 10.2. The predicted octanol–water partition coefficient (Wildman–Crippen LogP) is 2.72. The number of thiophene rings is 1. The minimum atomic E-state index is -0.0930. The molecule has 108 valence electrons. The maximum absolute atomic E-state index is 12.2. The van der Waals surface area contributed by atoms with Crippen LogP contribution < -0.4 is 5.32 Å². The maximum atomic E-state index is 12.2. The van der Waals surface area contributed by atoms with Crippen molar-refractivity contribution >= 4 is 17.2 Å². The standard InChI is InChI=1S/C17H17NO2S/c1-13-5-6-14(4-2-3-8-19)10-16(13)17(20)18-11-15-7-9-21-12-15/h5-7,9-10,12,19H,3,8,11H2,1H3,(H,18,20). The van der Waals surface area contributed by atoms with E-state index in [0.717, 1.165) is 16.7 Å². The van der Waals surface area contributed by atoms with Gasteiger partial charge in [-0.05, 0) is 47.0 Å². The van der Waals surface area contributed by atoms with Crippen LogP contribution in [0.5, 0.6) is 0 Å². The minimum absolute atomic E-state index is 0.0485. The Hall–Kier alpha value is -2.09. The molecule has 0 fully saturated rings. The van der Waals surface area contributed by atoms with Crippen LogP contribution in [0.15, 0.2) is 35.0 Å². The molecular formula is C17H17NO2S. The molecule has 1 aromatic carbocycles. The molecule has 0 radical (unpaired) electrons. The van der Waals surface area contributed by atoms with E-state index >= 15 is 0 Å². The molecule has 0 aliphatic rings. The highest BCUT2D eigenvalue weighted by atomic mass is 32.1. The van der Waals surface area contributed by atoms with Crippen LogP contribution in [0.4, 0.5) is 0 Å². The number of benzene rings is 1. The average Bonchev–Trinajstić information content (AvgIpc) is 3.00. The molecule has 1 aromatic heterocycles. The number of carbonyl (C=O) groups is 1. The van der Waals surface area contributed by atoms with Crippen molar-refractivity contribution in [3.05, 3.63) is 57.3 Å². The largest absolute Gasteiger partial charge is 0.395 e. The van der Waals surface area contributed by atoms with Crippen molar-refractivity contribution in [1.29, 1.82) is 0 Å². The molecule has 0 aliphatic carbocycles. The van der Waals surface area contributed by atoms with Gasteiger partial charge in [0.15, 0.2) is 0 Å². The zero-order chi connectivity index (χ0) is 15.1. The normalized spacial score (nSPS) is 9.81. The second-order valence-corrected chi connectivity index (χ2v) is 5.40. The van der Waals surface area contributed by atoms with Crippen molar-refractivity contribution in [2.75, 3.05) is 6.61 Å². The van der Waals surface area contributed by atoms with Crippen molar-refractivity contribution in [2.45, 2.75) is 19.9 Å². The van der Waals surface area contributed by atoms with Crippen LogP contribution in [-0.2, 0) is 6.54 Å². The molecule has 3 nitrogen and oxygen atoms in total. The summed E-state index contributed by atoms with van der Waals surface area (Å²) in [6.07, 6.45) is 0.438. The smallest absolute Gasteiger partial charge is 0.251 e. The zero-order valence-corrected chi connectivity index (χ0v) is 12.7. The monoisotopic (exact) mass is 299 g/mol. The Morgan fingerprint density at radius 2 is 2.24 bits per heavy atom. The number of hydrogen-bond acceptors (Lipinski definition) is 3. The van der Waals surface area contributed by atoms with Crippen molar-refractivity contribution in [1.82, 2.24) is 5.32 Å². The lowest BCUT2D eigenvalue weighted by Gasteiger charge is -2.07. The predicted molar refractivity (Wildman–Crippen MR) is 85.2 cm³/mol. The summed E-state index contributed by atoms with van der Waals surface area (Å²) >= 11 is 1.61. The van der Waals surface area contributed by atoms with Crippen LogP contribution >= 0.6 is 11.3 Å². The third-order valence-electron chi connectivity index (χ3n) is 2.98. The molecule has 1 amide bonds. The molecule has 0 aliphatic heterocycles. The highest BCUT2D eigenvalue weighted by Gasteiger charge is 2.09. The van der Waals surface area contributed by atoms with E-state index in [2.05, 4.69) is 17.2 Å². The molecule has 4 heteroatoms. The van der Waals surface area contributed by atoms with Gasteiger partial charge < -0.3 is 10.4 Å². The number of carbonyl (C=O) groups excluding carboxylic acids is 1. The summed E-state index contributed by atoms with van der Waals surface area (Å²) in [7, 11) is 0. The molecule has 1 heterocycles. The SMILES string of the molecule is Cc1ccc(C#CCCO)cc1C(=O)NCc1ccsc1. The van der Waals surface area contributed by atoms with E-state index in [1.807, 2.05) is 35.9 Å². The first-order valence-electron chi connectivity index (χ1n) is 6.70. The second-order valence-electron chi connectivity index (χ2n) is 4.62. The Kier molecular flexibility index (Phi) is 5.56. The molecule has 2 rings (SSSR count). The molecular weight excluding hydrogens is 282 g/mol. The molecule has 0 atom stereocenters. The van der Waals surface area contributed by atoms with E-state index in [1.165, 1.54) is 0 Å². The molecule has 2 aromatic rings. The number of aryl methyl sites for hydroxylation is 1. The van der Waals surface area contributed by atoms with Crippen molar-refractivity contribution in [3.63, 3.8) is 0 Å². The number of rotatable bonds is 4. The lowest BCUT2D eigenvalue weighted by Crippen LogP contribution is -2.23. The first-order valence-corrected chi connectivity index (χ1v) is 7.64. The lowest BCUT2D eigenvalue weighted by molar-refractivity contribution is 0.0950. The van der Waals surface area contributed by atoms with Crippen LogP contribution in [0.2, 0.25) is 0 Å². The third kappa shape index (κ3) is 4.45. The number of aliphatic hydroxyl groups excluding tert-OH is 1. The number of nitrogens with one attached hydrogen (secondary N) is 1. The summed E-state index contributed by atoms with van der Waals surface area (Å²) in [4.78, 5) is 12.2. The van der Waals surface area contributed by atoms with Crippen molar-refractivity contribution in [3.8, 4) is 11.8 Å². The molecule has 21 heavy (non-hydrogen) atoms. The molecule has 0 spiro atoms. The highest BCUT2D eigenvalue weighted by molar-refractivity contribution is 7.07. The zero-order valence-electron chi connectivity index (χ0n) is 11.8. The summed E-state index contributed by atoms with van der Waals surface area (Å²) in [6, 6.07) is 7.56. The highest BCUT2D eigenvalue weighted by Crippen LogP contribution is 2.12. The molecule has 0 unspecified atom stereocenters. The fourth-order valence-corrected chi connectivity index (χ4v) is 2.50. The van der Waals surface area contributed by atoms with Crippen LogP contribution in [0.25, 0.3) is 0 Å². The van der Waals surface area contributed by atoms with Crippen LogP contribution in [0, 0.1) is 18.8 Å². The quantitative estimate of drug-likeness (QED) is 0.853. The third-order valence-corrected chi connectivity index (χ3v) is 3.72. The fraction of sp³-hybridized carbons (Fsp3) is 0.235. The van der Waals surface area contributed by atoms with Gasteiger partial charge in [-0.2, -0.15) is 11.3 Å². The fourth-order valence-electron chi connectivity index (χ4n) is 1.84. The second kappa shape index (κ2) is 7.63. The maximum Gasteiger partial charge on any atom is 0.251 e. The minimum Gasteiger partial charge on any atom is -0.395 e. The van der Waals surface area contributed by atoms with Gasteiger partial charge in [-0.1, -0.05) is 17.9 Å². The Morgan fingerprint density at radius 3 is 2.95 bits per heavy atom. The Bertz CT molecular complexity index is 666. The number of hydrogen-bond donors (Lipinski definition) is 2. The van der Waals surface area contributed by atoms with Crippen LogP contribution in [0.1, 0.15) is 33.5 Å². The Morgan fingerprint density at radius 1 is 1.38 bits per heavy atom. The Labute approximate surface area is 128 Å². The lowest BCUT2D eigenvalue weighted by atomic mass is 10.0. The summed E-state index contributed by atoms with van der Waals surface area (Å²) < 4.78 is 0. The van der Waals surface area contributed by atoms with E-state index in [4.69, 9.17) is 5.11 Å². The van der Waals surface area contributed by atoms with E-state index in [0.29, 0.717) is 18.5 Å². The average molecular weight is 299 g/mol. The molecule has 0 saturated heterocycles. The number of aliphatic hydroxyl groups is 1. The van der Waals surface area contributed by atoms with Gasteiger partial charge in [0.2, 0.25) is 0 Å². The van der Waals surface area contributed by atoms with Crippen LogP contribution in [0.3, 0.4) is 0 Å². The number of amides is 1. The van der Waals surface area contributed by atoms with Gasteiger partial charge >= 0.3 is 0 Å². The van der Waals surface area contributed by atoms with Gasteiger partial charge in [0.25, 0.3) is 5.91 Å². The molecule has 0 saturated carbocycles. The van der Waals surface area contributed by atoms with E-state index in [-0.39, 0.29) is 12.5 Å². The summed E-state index contributed by atoms with van der Waals surface area (Å²) in [6.45, 7) is 2.49. The van der Waals surface area contributed by atoms with E-state index in [1.54, 1.807) is 17.4 Å². The molecule has 2 N–H and O–H groups in total. The van der Waals surface area contributed by atoms with Crippen molar-refractivity contribution < 1.29 is 9.90 Å².